The average molecular weight is 431 g/mol. The summed E-state index contributed by atoms with van der Waals surface area (Å²) in [6.07, 6.45) is 1.02. The molecule has 0 fully saturated rings. The Morgan fingerprint density at radius 2 is 0.758 bits per heavy atom. The summed E-state index contributed by atoms with van der Waals surface area (Å²) in [4.78, 5) is 0. The second-order valence-corrected chi connectivity index (χ2v) is 11.6. The Hall–Kier alpha value is -3.12. The van der Waals surface area contributed by atoms with Crippen molar-refractivity contribution in [1.82, 2.24) is 0 Å². The molecule has 0 N–H and O–H groups in total. The lowest BCUT2D eigenvalue weighted by Crippen LogP contribution is -2.10. The van der Waals surface area contributed by atoms with E-state index in [-0.39, 0.29) is 10.8 Å². The molecule has 1 aliphatic carbocycles. The van der Waals surface area contributed by atoms with Gasteiger partial charge in [0.1, 0.15) is 0 Å². The SMILES string of the molecule is CC(C)(C)c1ccc(-c2ccc3c(c2)-c2cc(-c4ccc(C(C)(C)C)cc4)ccc2C3)cc1. The molecule has 5 rings (SSSR count). The Morgan fingerprint density at radius 3 is 1.09 bits per heavy atom. The summed E-state index contributed by atoms with van der Waals surface area (Å²) in [5, 5.41) is 0. The van der Waals surface area contributed by atoms with Crippen LogP contribution in [0, 0.1) is 0 Å². The van der Waals surface area contributed by atoms with Gasteiger partial charge in [-0.1, -0.05) is 114 Å². The van der Waals surface area contributed by atoms with Crippen LogP contribution >= 0.6 is 0 Å². The van der Waals surface area contributed by atoms with Gasteiger partial charge in [-0.15, -0.1) is 0 Å². The van der Waals surface area contributed by atoms with E-state index in [4.69, 9.17) is 0 Å². The Bertz CT molecular complexity index is 1200. The maximum atomic E-state index is 2.39. The smallest absolute Gasteiger partial charge is 0.00134 e. The van der Waals surface area contributed by atoms with Gasteiger partial charge in [0.15, 0.2) is 0 Å². The summed E-state index contributed by atoms with van der Waals surface area (Å²) >= 11 is 0. The quantitative estimate of drug-likeness (QED) is 0.262. The van der Waals surface area contributed by atoms with E-state index in [1.165, 1.54) is 55.6 Å². The lowest BCUT2D eigenvalue weighted by atomic mass is 9.86. The van der Waals surface area contributed by atoms with Crippen LogP contribution in [0.3, 0.4) is 0 Å². The van der Waals surface area contributed by atoms with Gasteiger partial charge in [0.05, 0.1) is 0 Å². The third-order valence-electron chi connectivity index (χ3n) is 7.06. The van der Waals surface area contributed by atoms with Crippen LogP contribution in [0.5, 0.6) is 0 Å². The topological polar surface area (TPSA) is 0 Å². The minimum absolute atomic E-state index is 0.177. The molecule has 0 saturated heterocycles. The molecule has 33 heavy (non-hydrogen) atoms. The van der Waals surface area contributed by atoms with Gasteiger partial charge in [-0.3, -0.25) is 0 Å². The molecule has 0 saturated carbocycles. The van der Waals surface area contributed by atoms with E-state index in [0.717, 1.165) is 6.42 Å². The lowest BCUT2D eigenvalue weighted by molar-refractivity contribution is 0.590. The van der Waals surface area contributed by atoms with Gasteiger partial charge in [-0.05, 0) is 85.0 Å². The second kappa shape index (κ2) is 7.73. The molecule has 0 heteroatoms. The Kier molecular flexibility index (Phi) is 5.09. The predicted octanol–water partition coefficient (Wildman–Crippen LogP) is 9.19. The molecule has 0 unspecified atom stereocenters. The molecule has 0 nitrogen and oxygen atoms in total. The largest absolute Gasteiger partial charge is 0.0579 e. The van der Waals surface area contributed by atoms with Crippen molar-refractivity contribution >= 4 is 0 Å². The fraction of sp³-hybridized carbons (Fsp3) is 0.273. The molecule has 0 aromatic heterocycles. The molecular formula is C33H34. The first-order chi connectivity index (χ1) is 15.6. The molecule has 166 valence electrons. The standard InChI is InChI=1S/C33H34/c1-32(2,3)28-15-11-22(12-16-28)24-7-9-26-19-27-10-8-25(21-31(27)30(26)20-24)23-13-17-29(18-14-23)33(4,5)6/h7-18,20-21H,19H2,1-6H3. The maximum Gasteiger partial charge on any atom is -0.00134 e. The molecule has 0 amide bonds. The van der Waals surface area contributed by atoms with Gasteiger partial charge >= 0.3 is 0 Å². The van der Waals surface area contributed by atoms with Crippen molar-refractivity contribution in [2.45, 2.75) is 58.8 Å². The lowest BCUT2D eigenvalue weighted by Gasteiger charge is -2.19. The molecule has 0 radical (unpaired) electrons. The first-order valence-corrected chi connectivity index (χ1v) is 12.1. The molecule has 4 aromatic rings. The molecule has 0 atom stereocenters. The monoisotopic (exact) mass is 430 g/mol. The van der Waals surface area contributed by atoms with Crippen molar-refractivity contribution in [1.29, 1.82) is 0 Å². The highest BCUT2D eigenvalue weighted by Gasteiger charge is 2.20. The summed E-state index contributed by atoms with van der Waals surface area (Å²) in [7, 11) is 0. The van der Waals surface area contributed by atoms with E-state index in [9.17, 15) is 0 Å². The van der Waals surface area contributed by atoms with Crippen LogP contribution < -0.4 is 0 Å². The van der Waals surface area contributed by atoms with Gasteiger partial charge < -0.3 is 0 Å². The van der Waals surface area contributed by atoms with Crippen LogP contribution in [0.25, 0.3) is 33.4 Å². The first kappa shape index (κ1) is 21.7. The summed E-state index contributed by atoms with van der Waals surface area (Å²) in [5.74, 6) is 0. The summed E-state index contributed by atoms with van der Waals surface area (Å²) in [5.41, 5.74) is 13.9. The first-order valence-electron chi connectivity index (χ1n) is 12.1. The highest BCUT2D eigenvalue weighted by Crippen LogP contribution is 2.41. The zero-order valence-corrected chi connectivity index (χ0v) is 20.8. The van der Waals surface area contributed by atoms with Gasteiger partial charge in [0, 0.05) is 0 Å². The number of hydrogen-bond acceptors (Lipinski definition) is 0. The summed E-state index contributed by atoms with van der Waals surface area (Å²) < 4.78 is 0. The van der Waals surface area contributed by atoms with Crippen LogP contribution in [0.1, 0.15) is 63.8 Å². The van der Waals surface area contributed by atoms with E-state index >= 15 is 0 Å². The highest BCUT2D eigenvalue weighted by molar-refractivity contribution is 5.84. The zero-order valence-electron chi connectivity index (χ0n) is 20.8. The molecule has 0 heterocycles. The number of hydrogen-bond donors (Lipinski definition) is 0. The number of rotatable bonds is 2. The fourth-order valence-electron chi connectivity index (χ4n) is 4.85. The Labute approximate surface area is 199 Å². The average Bonchev–Trinajstić information content (AvgIpc) is 3.15. The van der Waals surface area contributed by atoms with Crippen molar-refractivity contribution in [3.05, 3.63) is 107 Å². The van der Waals surface area contributed by atoms with E-state index in [1.54, 1.807) is 0 Å². The molecule has 1 aliphatic rings. The summed E-state index contributed by atoms with van der Waals surface area (Å²) in [6, 6.07) is 32.1. The zero-order chi connectivity index (χ0) is 23.4. The normalized spacial score (nSPS) is 13.0. The Morgan fingerprint density at radius 1 is 0.424 bits per heavy atom. The molecule has 4 aromatic carbocycles. The molecule has 0 aliphatic heterocycles. The predicted molar refractivity (Wildman–Crippen MR) is 143 cm³/mol. The van der Waals surface area contributed by atoms with E-state index < -0.39 is 0 Å². The third-order valence-corrected chi connectivity index (χ3v) is 7.06. The van der Waals surface area contributed by atoms with E-state index in [0.29, 0.717) is 0 Å². The third kappa shape index (κ3) is 4.15. The van der Waals surface area contributed by atoms with Crippen molar-refractivity contribution in [3.63, 3.8) is 0 Å². The van der Waals surface area contributed by atoms with Crippen LogP contribution in [0.15, 0.2) is 84.9 Å². The van der Waals surface area contributed by atoms with E-state index in [2.05, 4.69) is 126 Å². The molecule has 0 bridgehead atoms. The van der Waals surface area contributed by atoms with Gasteiger partial charge in [-0.2, -0.15) is 0 Å². The minimum Gasteiger partial charge on any atom is -0.0579 e. The van der Waals surface area contributed by atoms with Gasteiger partial charge in [0.2, 0.25) is 0 Å². The van der Waals surface area contributed by atoms with Gasteiger partial charge in [0.25, 0.3) is 0 Å². The second-order valence-electron chi connectivity index (χ2n) is 11.6. The van der Waals surface area contributed by atoms with Crippen molar-refractivity contribution in [3.8, 4) is 33.4 Å². The van der Waals surface area contributed by atoms with Crippen LogP contribution in [-0.2, 0) is 17.3 Å². The maximum absolute atomic E-state index is 2.39. The minimum atomic E-state index is 0.177. The van der Waals surface area contributed by atoms with Crippen LogP contribution in [0.2, 0.25) is 0 Å². The summed E-state index contributed by atoms with van der Waals surface area (Å²) in [6.45, 7) is 13.6. The van der Waals surface area contributed by atoms with Gasteiger partial charge in [-0.25, -0.2) is 0 Å². The highest BCUT2D eigenvalue weighted by atomic mass is 14.2. The van der Waals surface area contributed by atoms with Crippen molar-refractivity contribution in [2.24, 2.45) is 0 Å². The Balaban J connectivity index is 1.50. The van der Waals surface area contributed by atoms with Crippen LogP contribution in [-0.4, -0.2) is 0 Å². The van der Waals surface area contributed by atoms with Crippen LogP contribution in [0.4, 0.5) is 0 Å². The number of benzene rings is 4. The molecular weight excluding hydrogens is 396 g/mol. The molecule has 0 spiro atoms. The van der Waals surface area contributed by atoms with E-state index in [1.807, 2.05) is 0 Å². The number of fused-ring (bicyclic) bond motifs is 3. The van der Waals surface area contributed by atoms with Crippen molar-refractivity contribution in [2.75, 3.05) is 0 Å². The fourth-order valence-corrected chi connectivity index (χ4v) is 4.85. The van der Waals surface area contributed by atoms with Crippen molar-refractivity contribution < 1.29 is 0 Å².